The second kappa shape index (κ2) is 6.60. The summed E-state index contributed by atoms with van der Waals surface area (Å²) in [6.07, 6.45) is 2.79. The molecule has 2 rings (SSSR count). The largest absolute Gasteiger partial charge is 0.494 e. The number of carbonyl (C=O) groups is 1. The SMILES string of the molecule is CCCCC(=O)N1CC(c2ccc(OCC)cc2)C1. The lowest BCUT2D eigenvalue weighted by molar-refractivity contribution is -0.135. The fourth-order valence-electron chi connectivity index (χ4n) is 2.38. The summed E-state index contributed by atoms with van der Waals surface area (Å²) in [5.74, 6) is 1.73. The van der Waals surface area contributed by atoms with Gasteiger partial charge in [0.25, 0.3) is 0 Å². The third-order valence-corrected chi connectivity index (χ3v) is 3.64. The van der Waals surface area contributed by atoms with Crippen LogP contribution < -0.4 is 4.74 Å². The van der Waals surface area contributed by atoms with Gasteiger partial charge >= 0.3 is 0 Å². The van der Waals surface area contributed by atoms with Crippen LogP contribution in [0, 0.1) is 0 Å². The van der Waals surface area contributed by atoms with E-state index >= 15 is 0 Å². The number of likely N-dealkylation sites (tertiary alicyclic amines) is 1. The van der Waals surface area contributed by atoms with Crippen molar-refractivity contribution >= 4 is 5.91 Å². The van der Waals surface area contributed by atoms with Crippen molar-refractivity contribution in [1.82, 2.24) is 4.90 Å². The highest BCUT2D eigenvalue weighted by atomic mass is 16.5. The number of amides is 1. The van der Waals surface area contributed by atoms with Crippen molar-refractivity contribution in [3.63, 3.8) is 0 Å². The lowest BCUT2D eigenvalue weighted by Crippen LogP contribution is -2.48. The summed E-state index contributed by atoms with van der Waals surface area (Å²) in [4.78, 5) is 13.8. The Morgan fingerprint density at radius 2 is 1.95 bits per heavy atom. The molecule has 0 radical (unpaired) electrons. The van der Waals surface area contributed by atoms with Crippen molar-refractivity contribution in [3.8, 4) is 5.75 Å². The van der Waals surface area contributed by atoms with E-state index in [0.717, 1.165) is 31.7 Å². The number of unbranched alkanes of at least 4 members (excludes halogenated alkanes) is 1. The molecule has 0 atom stereocenters. The first-order chi connectivity index (χ1) is 9.24. The molecule has 0 aliphatic carbocycles. The molecule has 1 aromatic carbocycles. The molecule has 3 nitrogen and oxygen atoms in total. The Bertz CT molecular complexity index is 407. The van der Waals surface area contributed by atoms with E-state index in [1.807, 2.05) is 24.0 Å². The van der Waals surface area contributed by atoms with Crippen molar-refractivity contribution in [2.24, 2.45) is 0 Å². The van der Waals surface area contributed by atoms with Gasteiger partial charge < -0.3 is 9.64 Å². The molecule has 1 aromatic rings. The van der Waals surface area contributed by atoms with E-state index in [9.17, 15) is 4.79 Å². The van der Waals surface area contributed by atoms with Crippen LogP contribution in [0.15, 0.2) is 24.3 Å². The summed E-state index contributed by atoms with van der Waals surface area (Å²) >= 11 is 0. The van der Waals surface area contributed by atoms with E-state index in [-0.39, 0.29) is 0 Å². The zero-order valence-corrected chi connectivity index (χ0v) is 11.9. The molecule has 0 saturated carbocycles. The number of ether oxygens (including phenoxy) is 1. The molecule has 0 unspecified atom stereocenters. The molecule has 0 bridgehead atoms. The molecule has 104 valence electrons. The minimum atomic E-state index is 0.309. The Labute approximate surface area is 115 Å². The first kappa shape index (κ1) is 13.9. The van der Waals surface area contributed by atoms with Crippen molar-refractivity contribution < 1.29 is 9.53 Å². The molecule has 1 heterocycles. The van der Waals surface area contributed by atoms with E-state index in [4.69, 9.17) is 4.74 Å². The third kappa shape index (κ3) is 3.49. The zero-order valence-electron chi connectivity index (χ0n) is 11.9. The van der Waals surface area contributed by atoms with Crippen LogP contribution in [0.4, 0.5) is 0 Å². The van der Waals surface area contributed by atoms with Gasteiger partial charge in [0.1, 0.15) is 5.75 Å². The maximum absolute atomic E-state index is 11.8. The number of nitrogens with zero attached hydrogens (tertiary/aromatic N) is 1. The highest BCUT2D eigenvalue weighted by molar-refractivity contribution is 5.77. The number of hydrogen-bond donors (Lipinski definition) is 0. The molecule has 1 fully saturated rings. The average molecular weight is 261 g/mol. The van der Waals surface area contributed by atoms with Gasteiger partial charge in [-0.1, -0.05) is 25.5 Å². The second-order valence-electron chi connectivity index (χ2n) is 5.10. The normalized spacial score (nSPS) is 15.2. The summed E-state index contributed by atoms with van der Waals surface area (Å²) in [6, 6.07) is 8.26. The maximum Gasteiger partial charge on any atom is 0.222 e. The number of rotatable bonds is 6. The second-order valence-corrected chi connectivity index (χ2v) is 5.10. The standard InChI is InChI=1S/C16H23NO2/c1-3-5-6-16(18)17-11-14(12-17)13-7-9-15(10-8-13)19-4-2/h7-10,14H,3-6,11-12H2,1-2H3. The predicted octanol–water partition coefficient (Wildman–Crippen LogP) is 3.20. The van der Waals surface area contributed by atoms with Gasteiger partial charge in [0.05, 0.1) is 6.61 Å². The van der Waals surface area contributed by atoms with E-state index in [1.165, 1.54) is 5.56 Å². The van der Waals surface area contributed by atoms with Gasteiger partial charge in [-0.3, -0.25) is 4.79 Å². The molecule has 1 aliphatic heterocycles. The van der Waals surface area contributed by atoms with Gasteiger partial charge in [-0.15, -0.1) is 0 Å². The molecule has 0 spiro atoms. The van der Waals surface area contributed by atoms with Crippen LogP contribution in [-0.2, 0) is 4.79 Å². The fraction of sp³-hybridized carbons (Fsp3) is 0.562. The van der Waals surface area contributed by atoms with Crippen LogP contribution in [0.2, 0.25) is 0 Å². The minimum Gasteiger partial charge on any atom is -0.494 e. The van der Waals surface area contributed by atoms with E-state index < -0.39 is 0 Å². The summed E-state index contributed by atoms with van der Waals surface area (Å²) in [6.45, 7) is 6.54. The molecule has 19 heavy (non-hydrogen) atoms. The van der Waals surface area contributed by atoms with Gasteiger partial charge in [0.2, 0.25) is 5.91 Å². The fourth-order valence-corrected chi connectivity index (χ4v) is 2.38. The lowest BCUT2D eigenvalue weighted by atomic mass is 9.91. The number of hydrogen-bond acceptors (Lipinski definition) is 2. The quantitative estimate of drug-likeness (QED) is 0.787. The maximum atomic E-state index is 11.8. The van der Waals surface area contributed by atoms with Crippen molar-refractivity contribution in [1.29, 1.82) is 0 Å². The smallest absolute Gasteiger partial charge is 0.222 e. The third-order valence-electron chi connectivity index (χ3n) is 3.64. The molecule has 1 aliphatic rings. The average Bonchev–Trinajstić information content (AvgIpc) is 2.37. The molecular weight excluding hydrogens is 238 g/mol. The molecule has 1 saturated heterocycles. The van der Waals surface area contributed by atoms with Gasteiger partial charge in [-0.25, -0.2) is 0 Å². The van der Waals surface area contributed by atoms with Gasteiger partial charge in [-0.05, 0) is 31.0 Å². The molecule has 3 heteroatoms. The number of carbonyl (C=O) groups excluding carboxylic acids is 1. The van der Waals surface area contributed by atoms with Crippen molar-refractivity contribution in [3.05, 3.63) is 29.8 Å². The zero-order chi connectivity index (χ0) is 13.7. The Kier molecular flexibility index (Phi) is 4.83. The van der Waals surface area contributed by atoms with Crippen LogP contribution in [-0.4, -0.2) is 30.5 Å². The molecular formula is C16H23NO2. The summed E-state index contributed by atoms with van der Waals surface area (Å²) in [5, 5.41) is 0. The van der Waals surface area contributed by atoms with Crippen LogP contribution >= 0.6 is 0 Å². The lowest BCUT2D eigenvalue weighted by Gasteiger charge is -2.39. The molecule has 1 amide bonds. The Hall–Kier alpha value is -1.51. The summed E-state index contributed by atoms with van der Waals surface area (Å²) < 4.78 is 5.43. The highest BCUT2D eigenvalue weighted by Gasteiger charge is 2.30. The van der Waals surface area contributed by atoms with Crippen LogP contribution in [0.1, 0.15) is 44.6 Å². The Balaban J connectivity index is 1.81. The highest BCUT2D eigenvalue weighted by Crippen LogP contribution is 2.28. The minimum absolute atomic E-state index is 0.309. The van der Waals surface area contributed by atoms with Gasteiger partial charge in [-0.2, -0.15) is 0 Å². The van der Waals surface area contributed by atoms with Crippen LogP contribution in [0.5, 0.6) is 5.75 Å². The summed E-state index contributed by atoms with van der Waals surface area (Å²) in [7, 11) is 0. The molecule has 0 aromatic heterocycles. The van der Waals surface area contributed by atoms with Crippen LogP contribution in [0.3, 0.4) is 0 Å². The Morgan fingerprint density at radius 1 is 1.26 bits per heavy atom. The monoisotopic (exact) mass is 261 g/mol. The number of benzene rings is 1. The van der Waals surface area contributed by atoms with E-state index in [2.05, 4.69) is 19.1 Å². The first-order valence-corrected chi connectivity index (χ1v) is 7.25. The molecule has 0 N–H and O–H groups in total. The van der Waals surface area contributed by atoms with E-state index in [0.29, 0.717) is 24.9 Å². The first-order valence-electron chi connectivity index (χ1n) is 7.25. The van der Waals surface area contributed by atoms with E-state index in [1.54, 1.807) is 0 Å². The van der Waals surface area contributed by atoms with Crippen LogP contribution in [0.25, 0.3) is 0 Å². The van der Waals surface area contributed by atoms with Crippen molar-refractivity contribution in [2.45, 2.75) is 39.0 Å². The Morgan fingerprint density at radius 3 is 2.53 bits per heavy atom. The van der Waals surface area contributed by atoms with Gasteiger partial charge in [0, 0.05) is 25.4 Å². The predicted molar refractivity (Wildman–Crippen MR) is 76.5 cm³/mol. The summed E-state index contributed by atoms with van der Waals surface area (Å²) in [5.41, 5.74) is 1.31. The topological polar surface area (TPSA) is 29.5 Å². The van der Waals surface area contributed by atoms with Gasteiger partial charge in [0.15, 0.2) is 0 Å². The van der Waals surface area contributed by atoms with Crippen molar-refractivity contribution in [2.75, 3.05) is 19.7 Å².